The zero-order valence-electron chi connectivity index (χ0n) is 10.2. The molecule has 0 aromatic carbocycles. The van der Waals surface area contributed by atoms with E-state index in [1.807, 2.05) is 4.57 Å². The van der Waals surface area contributed by atoms with E-state index in [0.717, 1.165) is 24.1 Å². The van der Waals surface area contributed by atoms with E-state index in [2.05, 4.69) is 28.8 Å². The van der Waals surface area contributed by atoms with Crippen LogP contribution in [0, 0.1) is 10.7 Å². The molecule has 5 nitrogen and oxygen atoms in total. The first-order chi connectivity index (χ1) is 8.13. The minimum absolute atomic E-state index is 0.532. The second kappa shape index (κ2) is 4.83. The summed E-state index contributed by atoms with van der Waals surface area (Å²) in [5.41, 5.74) is 1.58. The standard InChI is InChI=1S/C11H16N4OS/c1-7(2)4-5-15-9-8(14-11(15)17)10(16-3)13-6-12-9/h6-7H,4-5H2,1-3H3,(H,14,17). The number of imidazole rings is 1. The molecule has 2 aromatic rings. The Morgan fingerprint density at radius 1 is 1.47 bits per heavy atom. The summed E-state index contributed by atoms with van der Waals surface area (Å²) < 4.78 is 7.84. The summed E-state index contributed by atoms with van der Waals surface area (Å²) in [6.45, 7) is 5.23. The maximum Gasteiger partial charge on any atom is 0.242 e. The van der Waals surface area contributed by atoms with Gasteiger partial charge >= 0.3 is 0 Å². The molecule has 0 saturated carbocycles. The number of H-pyrrole nitrogens is 1. The molecule has 2 heterocycles. The highest BCUT2D eigenvalue weighted by Gasteiger charge is 2.11. The van der Waals surface area contributed by atoms with Crippen LogP contribution in [0.3, 0.4) is 0 Å². The van der Waals surface area contributed by atoms with Crippen LogP contribution in [0.4, 0.5) is 0 Å². The Morgan fingerprint density at radius 2 is 2.24 bits per heavy atom. The Kier molecular flexibility index (Phi) is 3.42. The third-order valence-electron chi connectivity index (χ3n) is 2.65. The molecular weight excluding hydrogens is 236 g/mol. The predicted molar refractivity (Wildman–Crippen MR) is 68.7 cm³/mol. The Hall–Kier alpha value is -1.43. The quantitative estimate of drug-likeness (QED) is 0.850. The van der Waals surface area contributed by atoms with Gasteiger partial charge in [0.05, 0.1) is 7.11 Å². The van der Waals surface area contributed by atoms with Crippen LogP contribution in [0.25, 0.3) is 11.2 Å². The maximum absolute atomic E-state index is 5.30. The highest BCUT2D eigenvalue weighted by Crippen LogP contribution is 2.20. The maximum atomic E-state index is 5.30. The van der Waals surface area contributed by atoms with E-state index in [1.165, 1.54) is 6.33 Å². The average molecular weight is 252 g/mol. The Balaban J connectivity index is 2.49. The van der Waals surface area contributed by atoms with E-state index >= 15 is 0 Å². The molecule has 0 fully saturated rings. The lowest BCUT2D eigenvalue weighted by atomic mass is 10.1. The van der Waals surface area contributed by atoms with Crippen molar-refractivity contribution in [2.75, 3.05) is 7.11 Å². The van der Waals surface area contributed by atoms with E-state index in [0.29, 0.717) is 16.6 Å². The van der Waals surface area contributed by atoms with Gasteiger partial charge < -0.3 is 14.3 Å². The van der Waals surface area contributed by atoms with Gasteiger partial charge in [0.25, 0.3) is 0 Å². The topological polar surface area (TPSA) is 55.7 Å². The van der Waals surface area contributed by atoms with Crippen molar-refractivity contribution in [3.05, 3.63) is 11.1 Å². The van der Waals surface area contributed by atoms with Crippen molar-refractivity contribution in [3.8, 4) is 5.88 Å². The van der Waals surface area contributed by atoms with Crippen LogP contribution < -0.4 is 4.74 Å². The smallest absolute Gasteiger partial charge is 0.242 e. The molecule has 0 atom stereocenters. The summed E-state index contributed by atoms with van der Waals surface area (Å²) in [5.74, 6) is 1.16. The van der Waals surface area contributed by atoms with Crippen LogP contribution in [0.5, 0.6) is 5.88 Å². The molecule has 2 aromatic heterocycles. The van der Waals surface area contributed by atoms with Crippen molar-refractivity contribution >= 4 is 23.4 Å². The third kappa shape index (κ3) is 2.31. The minimum atomic E-state index is 0.532. The summed E-state index contributed by atoms with van der Waals surface area (Å²) >= 11 is 5.30. The van der Waals surface area contributed by atoms with Crippen LogP contribution in [-0.2, 0) is 6.54 Å². The van der Waals surface area contributed by atoms with Crippen molar-refractivity contribution in [2.45, 2.75) is 26.8 Å². The number of nitrogens with zero attached hydrogens (tertiary/aromatic N) is 3. The molecule has 0 aliphatic carbocycles. The highest BCUT2D eigenvalue weighted by atomic mass is 32.1. The third-order valence-corrected chi connectivity index (χ3v) is 2.97. The second-order valence-electron chi connectivity index (χ2n) is 4.35. The summed E-state index contributed by atoms with van der Waals surface area (Å²) in [6, 6.07) is 0. The van der Waals surface area contributed by atoms with Crippen molar-refractivity contribution in [1.82, 2.24) is 19.5 Å². The number of aromatic nitrogens is 4. The number of aryl methyl sites for hydroxylation is 1. The summed E-state index contributed by atoms with van der Waals surface area (Å²) in [6.07, 6.45) is 2.56. The lowest BCUT2D eigenvalue weighted by molar-refractivity contribution is 0.401. The zero-order chi connectivity index (χ0) is 12.4. The number of aromatic amines is 1. The molecule has 0 bridgehead atoms. The van der Waals surface area contributed by atoms with Gasteiger partial charge in [0.2, 0.25) is 5.88 Å². The minimum Gasteiger partial charge on any atom is -0.479 e. The van der Waals surface area contributed by atoms with Gasteiger partial charge in [-0.25, -0.2) is 4.98 Å². The molecule has 0 spiro atoms. The fraction of sp³-hybridized carbons (Fsp3) is 0.545. The van der Waals surface area contributed by atoms with Crippen LogP contribution >= 0.6 is 12.2 Å². The van der Waals surface area contributed by atoms with Gasteiger partial charge in [-0.1, -0.05) is 13.8 Å². The van der Waals surface area contributed by atoms with Crippen LogP contribution in [0.15, 0.2) is 6.33 Å². The van der Waals surface area contributed by atoms with Crippen LogP contribution in [-0.4, -0.2) is 26.6 Å². The van der Waals surface area contributed by atoms with Gasteiger partial charge in [0, 0.05) is 6.54 Å². The molecule has 0 unspecified atom stereocenters. The van der Waals surface area contributed by atoms with Crippen molar-refractivity contribution in [3.63, 3.8) is 0 Å². The SMILES string of the molecule is COc1ncnc2c1[nH]c(=S)n2CCC(C)C. The van der Waals surface area contributed by atoms with E-state index in [9.17, 15) is 0 Å². The number of rotatable bonds is 4. The molecule has 6 heteroatoms. The van der Waals surface area contributed by atoms with Gasteiger partial charge in [-0.2, -0.15) is 4.98 Å². The largest absolute Gasteiger partial charge is 0.479 e. The summed E-state index contributed by atoms with van der Waals surface area (Å²) in [4.78, 5) is 11.4. The van der Waals surface area contributed by atoms with Gasteiger partial charge in [-0.3, -0.25) is 0 Å². The molecular formula is C11H16N4OS. The van der Waals surface area contributed by atoms with Crippen LogP contribution in [0.1, 0.15) is 20.3 Å². The number of nitrogens with one attached hydrogen (secondary N) is 1. The number of hydrogen-bond donors (Lipinski definition) is 1. The molecule has 0 amide bonds. The Bertz CT molecular complexity index is 572. The fourth-order valence-corrected chi connectivity index (χ4v) is 1.97. The molecule has 0 aliphatic heterocycles. The van der Waals surface area contributed by atoms with E-state index in [1.54, 1.807) is 7.11 Å². The number of methoxy groups -OCH3 is 1. The Morgan fingerprint density at radius 3 is 2.88 bits per heavy atom. The molecule has 17 heavy (non-hydrogen) atoms. The van der Waals surface area contributed by atoms with Crippen molar-refractivity contribution in [1.29, 1.82) is 0 Å². The number of ether oxygens (including phenoxy) is 1. The van der Waals surface area contributed by atoms with Gasteiger partial charge in [0.15, 0.2) is 10.4 Å². The monoisotopic (exact) mass is 252 g/mol. The molecule has 2 rings (SSSR count). The lowest BCUT2D eigenvalue weighted by Crippen LogP contribution is -2.02. The molecule has 0 aliphatic rings. The zero-order valence-corrected chi connectivity index (χ0v) is 11.0. The van der Waals surface area contributed by atoms with Crippen LogP contribution in [0.2, 0.25) is 0 Å². The van der Waals surface area contributed by atoms with Crippen molar-refractivity contribution in [2.24, 2.45) is 5.92 Å². The molecule has 1 N–H and O–H groups in total. The van der Waals surface area contributed by atoms with Gasteiger partial charge in [-0.05, 0) is 24.6 Å². The average Bonchev–Trinajstić information content (AvgIpc) is 2.62. The van der Waals surface area contributed by atoms with Crippen molar-refractivity contribution < 1.29 is 4.74 Å². The van der Waals surface area contributed by atoms with E-state index < -0.39 is 0 Å². The second-order valence-corrected chi connectivity index (χ2v) is 4.73. The summed E-state index contributed by atoms with van der Waals surface area (Å²) in [7, 11) is 1.59. The normalized spacial score (nSPS) is 11.3. The summed E-state index contributed by atoms with van der Waals surface area (Å²) in [5, 5.41) is 0. The van der Waals surface area contributed by atoms with Gasteiger partial charge in [-0.15, -0.1) is 0 Å². The predicted octanol–water partition coefficient (Wildman–Crippen LogP) is 2.54. The highest BCUT2D eigenvalue weighted by molar-refractivity contribution is 7.71. The first-order valence-corrected chi connectivity index (χ1v) is 6.01. The van der Waals surface area contributed by atoms with E-state index in [-0.39, 0.29) is 0 Å². The van der Waals surface area contributed by atoms with Gasteiger partial charge in [0.1, 0.15) is 11.8 Å². The molecule has 0 saturated heterocycles. The van der Waals surface area contributed by atoms with E-state index in [4.69, 9.17) is 17.0 Å². The Labute approximate surface area is 105 Å². The first-order valence-electron chi connectivity index (χ1n) is 5.61. The number of hydrogen-bond acceptors (Lipinski definition) is 4. The lowest BCUT2D eigenvalue weighted by Gasteiger charge is -2.06. The molecule has 92 valence electrons. The number of fused-ring (bicyclic) bond motifs is 1. The molecule has 0 radical (unpaired) electrons. The first kappa shape index (κ1) is 12.0. The fourth-order valence-electron chi connectivity index (χ4n) is 1.69.